The first-order chi connectivity index (χ1) is 13.2. The van der Waals surface area contributed by atoms with Gasteiger partial charge in [-0.15, -0.1) is 0 Å². The molecule has 1 aliphatic rings. The van der Waals surface area contributed by atoms with E-state index < -0.39 is 0 Å². The van der Waals surface area contributed by atoms with E-state index in [-0.39, 0.29) is 11.8 Å². The Kier molecular flexibility index (Phi) is 6.47. The minimum absolute atomic E-state index is 0.102. The highest BCUT2D eigenvalue weighted by Crippen LogP contribution is 2.22. The van der Waals surface area contributed by atoms with Crippen LogP contribution in [0.5, 0.6) is 5.75 Å². The maximum atomic E-state index is 12.4. The van der Waals surface area contributed by atoms with Gasteiger partial charge < -0.3 is 15.0 Å². The summed E-state index contributed by atoms with van der Waals surface area (Å²) in [7, 11) is 0. The zero-order valence-corrected chi connectivity index (χ0v) is 15.7. The number of aryl methyl sites for hydroxylation is 1. The van der Waals surface area contributed by atoms with Gasteiger partial charge in [-0.05, 0) is 62.1 Å². The van der Waals surface area contributed by atoms with E-state index in [1.807, 2.05) is 31.2 Å². The first-order valence-electron chi connectivity index (χ1n) is 9.57. The van der Waals surface area contributed by atoms with Gasteiger partial charge in [-0.2, -0.15) is 0 Å². The van der Waals surface area contributed by atoms with Crippen molar-refractivity contribution in [3.63, 3.8) is 0 Å². The Morgan fingerprint density at radius 2 is 2.00 bits per heavy atom. The number of benzene rings is 2. The van der Waals surface area contributed by atoms with Crippen molar-refractivity contribution in [1.29, 1.82) is 0 Å². The minimum atomic E-state index is -0.102. The number of nitrogens with one attached hydrogen (secondary N) is 1. The maximum absolute atomic E-state index is 12.4. The van der Waals surface area contributed by atoms with Crippen LogP contribution >= 0.6 is 0 Å². The number of anilines is 1. The first-order valence-corrected chi connectivity index (χ1v) is 9.57. The molecule has 0 bridgehead atoms. The maximum Gasteiger partial charge on any atom is 0.251 e. The molecule has 3 rings (SSSR count). The Labute approximate surface area is 160 Å². The Balaban J connectivity index is 1.47. The monoisotopic (exact) mass is 366 g/mol. The molecule has 27 heavy (non-hydrogen) atoms. The molecule has 1 N–H and O–H groups in total. The highest BCUT2D eigenvalue weighted by molar-refractivity contribution is 5.99. The second-order valence-corrected chi connectivity index (χ2v) is 6.64. The Hall–Kier alpha value is -2.82. The summed E-state index contributed by atoms with van der Waals surface area (Å²) >= 11 is 0. The van der Waals surface area contributed by atoms with Gasteiger partial charge in [-0.3, -0.25) is 9.59 Å². The van der Waals surface area contributed by atoms with Crippen molar-refractivity contribution < 1.29 is 14.3 Å². The molecule has 1 saturated heterocycles. The van der Waals surface area contributed by atoms with Gasteiger partial charge >= 0.3 is 0 Å². The average Bonchev–Trinajstić information content (AvgIpc) is 3.12. The number of hydrogen-bond donors (Lipinski definition) is 1. The Morgan fingerprint density at radius 1 is 1.19 bits per heavy atom. The van der Waals surface area contributed by atoms with Crippen molar-refractivity contribution in [3.8, 4) is 5.75 Å². The van der Waals surface area contributed by atoms with Gasteiger partial charge in [0, 0.05) is 30.8 Å². The molecule has 0 saturated carbocycles. The normalized spacial score (nSPS) is 13.7. The van der Waals surface area contributed by atoms with Crippen molar-refractivity contribution >= 4 is 17.5 Å². The van der Waals surface area contributed by atoms with Crippen LogP contribution in [0.1, 0.15) is 42.1 Å². The van der Waals surface area contributed by atoms with E-state index in [1.54, 1.807) is 17.0 Å². The largest absolute Gasteiger partial charge is 0.494 e. The van der Waals surface area contributed by atoms with Crippen LogP contribution in [0.25, 0.3) is 0 Å². The molecule has 0 aliphatic carbocycles. The molecule has 0 unspecified atom stereocenters. The fourth-order valence-electron chi connectivity index (χ4n) is 3.25. The lowest BCUT2D eigenvalue weighted by Crippen LogP contribution is -2.26. The molecule has 0 spiro atoms. The lowest BCUT2D eigenvalue weighted by atomic mass is 10.1. The van der Waals surface area contributed by atoms with Crippen LogP contribution in [0.4, 0.5) is 5.69 Å². The summed E-state index contributed by atoms with van der Waals surface area (Å²) in [5.74, 6) is 0.907. The standard InChI is InChI=1S/C22H26N2O3/c1-2-27-20-12-10-17(11-13-20)6-4-14-23-22(26)18-7-3-8-19(16-18)24-15-5-9-21(24)25/h3,7-8,10-13,16H,2,4-6,9,14-15H2,1H3,(H,23,26). The number of ether oxygens (including phenoxy) is 1. The van der Waals surface area contributed by atoms with Gasteiger partial charge in [0.15, 0.2) is 0 Å². The van der Waals surface area contributed by atoms with E-state index in [0.717, 1.165) is 37.2 Å². The lowest BCUT2D eigenvalue weighted by Gasteiger charge is -2.16. The zero-order chi connectivity index (χ0) is 19.1. The molecule has 0 atom stereocenters. The highest BCUT2D eigenvalue weighted by atomic mass is 16.5. The topological polar surface area (TPSA) is 58.6 Å². The van der Waals surface area contributed by atoms with E-state index in [9.17, 15) is 9.59 Å². The third-order valence-corrected chi connectivity index (χ3v) is 4.66. The summed E-state index contributed by atoms with van der Waals surface area (Å²) in [6.45, 7) is 3.97. The summed E-state index contributed by atoms with van der Waals surface area (Å²) < 4.78 is 5.44. The second-order valence-electron chi connectivity index (χ2n) is 6.64. The number of nitrogens with zero attached hydrogens (tertiary/aromatic N) is 1. The van der Waals surface area contributed by atoms with E-state index in [1.165, 1.54) is 5.56 Å². The molecule has 2 aromatic carbocycles. The summed E-state index contributed by atoms with van der Waals surface area (Å²) in [5.41, 5.74) is 2.62. The number of amides is 2. The van der Waals surface area contributed by atoms with Crippen molar-refractivity contribution in [1.82, 2.24) is 5.32 Å². The van der Waals surface area contributed by atoms with Gasteiger partial charge in [0.1, 0.15) is 5.75 Å². The van der Waals surface area contributed by atoms with Gasteiger partial charge in [-0.25, -0.2) is 0 Å². The fourth-order valence-corrected chi connectivity index (χ4v) is 3.25. The van der Waals surface area contributed by atoms with Crippen LogP contribution in [0.3, 0.4) is 0 Å². The summed E-state index contributed by atoms with van der Waals surface area (Å²) in [5, 5.41) is 2.96. The smallest absolute Gasteiger partial charge is 0.251 e. The third kappa shape index (κ3) is 5.09. The molecule has 2 aromatic rings. The molecule has 1 aliphatic heterocycles. The molecule has 1 heterocycles. The van der Waals surface area contributed by atoms with Crippen LogP contribution in [-0.4, -0.2) is 31.5 Å². The lowest BCUT2D eigenvalue weighted by molar-refractivity contribution is -0.117. The van der Waals surface area contributed by atoms with Gasteiger partial charge in [0.25, 0.3) is 5.91 Å². The average molecular weight is 366 g/mol. The van der Waals surface area contributed by atoms with Crippen LogP contribution in [0.2, 0.25) is 0 Å². The van der Waals surface area contributed by atoms with Crippen LogP contribution in [-0.2, 0) is 11.2 Å². The number of hydrogen-bond acceptors (Lipinski definition) is 3. The highest BCUT2D eigenvalue weighted by Gasteiger charge is 2.22. The molecular weight excluding hydrogens is 340 g/mol. The summed E-state index contributed by atoms with van der Waals surface area (Å²) in [6, 6.07) is 15.4. The molecule has 2 amide bonds. The van der Waals surface area contributed by atoms with Crippen LogP contribution < -0.4 is 15.0 Å². The van der Waals surface area contributed by atoms with Gasteiger partial charge in [0.05, 0.1) is 6.61 Å². The number of carbonyl (C=O) groups excluding carboxylic acids is 2. The zero-order valence-electron chi connectivity index (χ0n) is 15.7. The van der Waals surface area contributed by atoms with Crippen LogP contribution in [0, 0.1) is 0 Å². The first kappa shape index (κ1) is 19.0. The number of carbonyl (C=O) groups is 2. The van der Waals surface area contributed by atoms with Crippen molar-refractivity contribution in [2.45, 2.75) is 32.6 Å². The minimum Gasteiger partial charge on any atom is -0.494 e. The molecule has 0 radical (unpaired) electrons. The van der Waals surface area contributed by atoms with Gasteiger partial charge in [0.2, 0.25) is 5.91 Å². The van der Waals surface area contributed by atoms with Crippen molar-refractivity contribution in [2.75, 3.05) is 24.6 Å². The predicted molar refractivity (Wildman–Crippen MR) is 106 cm³/mol. The third-order valence-electron chi connectivity index (χ3n) is 4.66. The van der Waals surface area contributed by atoms with Crippen molar-refractivity contribution in [3.05, 3.63) is 59.7 Å². The predicted octanol–water partition coefficient (Wildman–Crippen LogP) is 3.57. The molecular formula is C22H26N2O3. The van der Waals surface area contributed by atoms with E-state index >= 15 is 0 Å². The number of rotatable bonds is 8. The van der Waals surface area contributed by atoms with E-state index in [0.29, 0.717) is 25.1 Å². The van der Waals surface area contributed by atoms with Crippen molar-refractivity contribution in [2.24, 2.45) is 0 Å². The SMILES string of the molecule is CCOc1ccc(CCCNC(=O)c2cccc(N3CCCC3=O)c2)cc1. The quantitative estimate of drug-likeness (QED) is 0.727. The molecule has 142 valence electrons. The molecule has 1 fully saturated rings. The van der Waals surface area contributed by atoms with Gasteiger partial charge in [-0.1, -0.05) is 18.2 Å². The van der Waals surface area contributed by atoms with E-state index in [2.05, 4.69) is 17.4 Å². The second kappa shape index (κ2) is 9.21. The molecule has 5 nitrogen and oxygen atoms in total. The summed E-state index contributed by atoms with van der Waals surface area (Å²) in [6.07, 6.45) is 3.22. The Bertz CT molecular complexity index is 786. The fraction of sp³-hybridized carbons (Fsp3) is 0.364. The summed E-state index contributed by atoms with van der Waals surface area (Å²) in [4.78, 5) is 26.0. The molecule has 5 heteroatoms. The Morgan fingerprint density at radius 3 is 2.70 bits per heavy atom. The van der Waals surface area contributed by atoms with E-state index in [4.69, 9.17) is 4.74 Å². The van der Waals surface area contributed by atoms with Crippen LogP contribution in [0.15, 0.2) is 48.5 Å². The molecule has 0 aromatic heterocycles.